The quantitative estimate of drug-likeness (QED) is 0.565. The molecule has 4 heteroatoms. The average Bonchev–Trinajstić information content (AvgIpc) is 2.64. The van der Waals surface area contributed by atoms with Crippen LogP contribution < -0.4 is 16.4 Å². The van der Waals surface area contributed by atoms with Gasteiger partial charge in [-0.15, -0.1) is 0 Å². The van der Waals surface area contributed by atoms with E-state index in [0.29, 0.717) is 13.1 Å². The molecule has 0 aliphatic heterocycles. The number of hydrogen-bond acceptors (Lipinski definition) is 3. The number of amides is 1. The second-order valence-corrected chi connectivity index (χ2v) is 5.13. The van der Waals surface area contributed by atoms with Gasteiger partial charge in [0.2, 0.25) is 5.91 Å². The molecule has 0 heterocycles. The van der Waals surface area contributed by atoms with Crippen LogP contribution in [0.1, 0.15) is 26.3 Å². The van der Waals surface area contributed by atoms with Gasteiger partial charge in [-0.2, -0.15) is 0 Å². The molecule has 1 amide bonds. The Balaban J connectivity index is 0.00000277. The Bertz CT molecular complexity index is 586. The van der Waals surface area contributed by atoms with Crippen LogP contribution in [0.25, 0.3) is 0 Å². The number of carbonyl (C=O) groups is 1. The largest absolute Gasteiger partial charge is 0.381 e. The lowest BCUT2D eigenvalue weighted by molar-refractivity contribution is -0.119. The minimum atomic E-state index is -0.350. The van der Waals surface area contributed by atoms with Crippen LogP contribution in [-0.2, 0) is 11.3 Å². The molecule has 0 saturated carbocycles. The average molecular weight is 341 g/mol. The summed E-state index contributed by atoms with van der Waals surface area (Å²) in [5, 5.41) is 6.43. The number of hydrogen-bond donors (Lipinski definition) is 3. The van der Waals surface area contributed by atoms with Crippen molar-refractivity contribution in [2.45, 2.75) is 33.4 Å². The SMILES string of the molecule is C=C/C=C\C(=C/C=C)CNc1ccc(CNC(C)C(N)=O)cc1.CC. The van der Waals surface area contributed by atoms with Crippen molar-refractivity contribution in [3.63, 3.8) is 0 Å². The van der Waals surface area contributed by atoms with Crippen molar-refractivity contribution >= 4 is 11.6 Å². The molecule has 4 N–H and O–H groups in total. The molecule has 1 unspecified atom stereocenters. The zero-order valence-electron chi connectivity index (χ0n) is 15.6. The van der Waals surface area contributed by atoms with Crippen LogP contribution in [-0.4, -0.2) is 18.5 Å². The lowest BCUT2D eigenvalue weighted by Crippen LogP contribution is -2.38. The Morgan fingerprint density at radius 3 is 2.36 bits per heavy atom. The van der Waals surface area contributed by atoms with E-state index in [1.807, 2.05) is 56.3 Å². The molecule has 1 aromatic carbocycles. The maximum atomic E-state index is 11.0. The van der Waals surface area contributed by atoms with E-state index in [1.165, 1.54) is 0 Å². The normalized spacial score (nSPS) is 12.0. The third-order valence-corrected chi connectivity index (χ3v) is 3.27. The van der Waals surface area contributed by atoms with Gasteiger partial charge in [0.1, 0.15) is 0 Å². The zero-order valence-corrected chi connectivity index (χ0v) is 15.6. The molecule has 0 spiro atoms. The highest BCUT2D eigenvalue weighted by Crippen LogP contribution is 2.11. The van der Waals surface area contributed by atoms with E-state index in [-0.39, 0.29) is 11.9 Å². The van der Waals surface area contributed by atoms with Gasteiger partial charge in [0.25, 0.3) is 0 Å². The molecule has 0 radical (unpaired) electrons. The second kappa shape index (κ2) is 13.8. The highest BCUT2D eigenvalue weighted by molar-refractivity contribution is 5.79. The molecule has 0 saturated heterocycles. The summed E-state index contributed by atoms with van der Waals surface area (Å²) < 4.78 is 0. The van der Waals surface area contributed by atoms with Gasteiger partial charge in [-0.3, -0.25) is 4.79 Å². The maximum Gasteiger partial charge on any atom is 0.234 e. The predicted octanol–water partition coefficient (Wildman–Crippen LogP) is 3.94. The lowest BCUT2D eigenvalue weighted by atomic mass is 10.1. The molecule has 0 bridgehead atoms. The van der Waals surface area contributed by atoms with Gasteiger partial charge < -0.3 is 16.4 Å². The Labute approximate surface area is 152 Å². The van der Waals surface area contributed by atoms with Gasteiger partial charge in [0, 0.05) is 18.8 Å². The van der Waals surface area contributed by atoms with Crippen LogP contribution in [0.3, 0.4) is 0 Å². The van der Waals surface area contributed by atoms with Crippen LogP contribution in [0, 0.1) is 0 Å². The molecule has 1 aromatic rings. The molecule has 25 heavy (non-hydrogen) atoms. The lowest BCUT2D eigenvalue weighted by Gasteiger charge is -2.11. The fraction of sp³-hybridized carbons (Fsp3) is 0.286. The molecule has 0 aromatic heterocycles. The van der Waals surface area contributed by atoms with Gasteiger partial charge in [-0.05, 0) is 30.2 Å². The minimum absolute atomic E-state index is 0.337. The molecule has 0 aliphatic rings. The summed E-state index contributed by atoms with van der Waals surface area (Å²) in [6.07, 6.45) is 9.35. The monoisotopic (exact) mass is 341 g/mol. The maximum absolute atomic E-state index is 11.0. The van der Waals surface area contributed by atoms with E-state index in [0.717, 1.165) is 16.8 Å². The van der Waals surface area contributed by atoms with Crippen LogP contribution >= 0.6 is 0 Å². The highest BCUT2D eigenvalue weighted by atomic mass is 16.1. The van der Waals surface area contributed by atoms with E-state index in [9.17, 15) is 4.79 Å². The van der Waals surface area contributed by atoms with Crippen molar-refractivity contribution in [1.29, 1.82) is 0 Å². The number of rotatable bonds is 10. The third-order valence-electron chi connectivity index (χ3n) is 3.27. The summed E-state index contributed by atoms with van der Waals surface area (Å²) in [5.74, 6) is -0.350. The molecule has 1 atom stereocenters. The number of anilines is 1. The van der Waals surface area contributed by atoms with Crippen molar-refractivity contribution in [2.75, 3.05) is 11.9 Å². The van der Waals surface area contributed by atoms with Gasteiger partial charge in [0.15, 0.2) is 0 Å². The van der Waals surface area contributed by atoms with Crippen molar-refractivity contribution in [3.8, 4) is 0 Å². The van der Waals surface area contributed by atoms with Gasteiger partial charge in [-0.1, -0.05) is 69.5 Å². The fourth-order valence-corrected chi connectivity index (χ4v) is 1.83. The van der Waals surface area contributed by atoms with E-state index >= 15 is 0 Å². The molecule has 0 fully saturated rings. The molecule has 4 nitrogen and oxygen atoms in total. The number of carbonyl (C=O) groups excluding carboxylic acids is 1. The van der Waals surface area contributed by atoms with Gasteiger partial charge in [0.05, 0.1) is 6.04 Å². The van der Waals surface area contributed by atoms with Crippen molar-refractivity contribution in [3.05, 3.63) is 78.9 Å². The predicted molar refractivity (Wildman–Crippen MR) is 109 cm³/mol. The Hall–Kier alpha value is -2.59. The number of nitrogens with two attached hydrogens (primary N) is 1. The van der Waals surface area contributed by atoms with E-state index in [4.69, 9.17) is 5.73 Å². The zero-order chi connectivity index (χ0) is 19.1. The first kappa shape index (κ1) is 22.4. The van der Waals surface area contributed by atoms with Crippen LogP contribution in [0.2, 0.25) is 0 Å². The molecular formula is C21H31N3O. The topological polar surface area (TPSA) is 67.2 Å². The fourth-order valence-electron chi connectivity index (χ4n) is 1.83. The summed E-state index contributed by atoms with van der Waals surface area (Å²) in [7, 11) is 0. The Morgan fingerprint density at radius 2 is 1.84 bits per heavy atom. The van der Waals surface area contributed by atoms with E-state index in [2.05, 4.69) is 23.8 Å². The molecule has 0 aliphatic carbocycles. The number of allylic oxidation sites excluding steroid dienone is 4. The Morgan fingerprint density at radius 1 is 1.20 bits per heavy atom. The first-order valence-corrected chi connectivity index (χ1v) is 8.53. The first-order chi connectivity index (χ1) is 12.1. The van der Waals surface area contributed by atoms with Crippen molar-refractivity contribution < 1.29 is 4.79 Å². The summed E-state index contributed by atoms with van der Waals surface area (Å²) in [5.41, 5.74) is 8.45. The third kappa shape index (κ3) is 9.99. The van der Waals surface area contributed by atoms with Gasteiger partial charge in [-0.25, -0.2) is 0 Å². The highest BCUT2D eigenvalue weighted by Gasteiger charge is 2.06. The van der Waals surface area contributed by atoms with E-state index in [1.54, 1.807) is 19.1 Å². The van der Waals surface area contributed by atoms with Crippen molar-refractivity contribution in [1.82, 2.24) is 5.32 Å². The van der Waals surface area contributed by atoms with Crippen molar-refractivity contribution in [2.24, 2.45) is 5.73 Å². The number of nitrogens with one attached hydrogen (secondary N) is 2. The molecule has 136 valence electrons. The van der Waals surface area contributed by atoms with Crippen LogP contribution in [0.5, 0.6) is 0 Å². The standard InChI is InChI=1S/C19H25N3O.C2H6/c1-4-6-8-16(7-5-2)14-22-18-11-9-17(10-12-18)13-21-15(3)19(20)23;1-2/h4-12,15,21-22H,1-2,13-14H2,3H3,(H2,20,23);1-2H3/b8-6-,16-7+;. The molecule has 1 rings (SSSR count). The van der Waals surface area contributed by atoms with Crippen LogP contribution in [0.15, 0.2) is 73.4 Å². The molecular weight excluding hydrogens is 310 g/mol. The summed E-state index contributed by atoms with van der Waals surface area (Å²) >= 11 is 0. The second-order valence-electron chi connectivity index (χ2n) is 5.13. The first-order valence-electron chi connectivity index (χ1n) is 8.53. The summed E-state index contributed by atoms with van der Waals surface area (Å²) in [4.78, 5) is 11.0. The Kier molecular flexibility index (Phi) is 12.4. The summed E-state index contributed by atoms with van der Waals surface area (Å²) in [6.45, 7) is 14.4. The number of benzene rings is 1. The van der Waals surface area contributed by atoms with E-state index < -0.39 is 0 Å². The smallest absolute Gasteiger partial charge is 0.234 e. The van der Waals surface area contributed by atoms with Crippen LogP contribution in [0.4, 0.5) is 5.69 Å². The number of primary amides is 1. The van der Waals surface area contributed by atoms with Gasteiger partial charge >= 0.3 is 0 Å². The minimum Gasteiger partial charge on any atom is -0.381 e. The summed E-state index contributed by atoms with van der Waals surface area (Å²) in [6, 6.07) is 7.71.